The van der Waals surface area contributed by atoms with Crippen molar-refractivity contribution in [3.05, 3.63) is 93.3 Å². The largest absolute Gasteiger partial charge is 0.497 e. The first kappa shape index (κ1) is 35.4. The summed E-state index contributed by atoms with van der Waals surface area (Å²) in [7, 11) is -2.40. The lowest BCUT2D eigenvalue weighted by atomic mass is 9.93. The van der Waals surface area contributed by atoms with Crippen LogP contribution in [0.15, 0.2) is 83.5 Å². The van der Waals surface area contributed by atoms with Crippen LogP contribution in [0.25, 0.3) is 0 Å². The zero-order chi connectivity index (χ0) is 34.4. The van der Waals surface area contributed by atoms with Gasteiger partial charge in [0.1, 0.15) is 5.75 Å². The van der Waals surface area contributed by atoms with Crippen molar-refractivity contribution in [1.29, 1.82) is 0 Å². The van der Waals surface area contributed by atoms with Gasteiger partial charge in [-0.2, -0.15) is 4.31 Å². The van der Waals surface area contributed by atoms with E-state index in [0.717, 1.165) is 32.7 Å². The minimum atomic E-state index is -3.91. The predicted molar refractivity (Wildman–Crippen MR) is 189 cm³/mol. The van der Waals surface area contributed by atoms with E-state index in [4.69, 9.17) is 23.7 Å². The highest BCUT2D eigenvalue weighted by molar-refractivity contribution is 14.1. The van der Waals surface area contributed by atoms with E-state index in [2.05, 4.69) is 27.5 Å². The first-order valence-corrected chi connectivity index (χ1v) is 18.7. The fourth-order valence-corrected chi connectivity index (χ4v) is 7.84. The topological polar surface area (TPSA) is 127 Å². The number of methoxy groups -OCH3 is 1. The molecule has 3 aromatic rings. The number of fused-ring (bicyclic) bond motifs is 1. The minimum absolute atomic E-state index is 0.000533. The Kier molecular flexibility index (Phi) is 11.6. The third-order valence-electron chi connectivity index (χ3n) is 8.76. The lowest BCUT2D eigenvalue weighted by Gasteiger charge is -2.37. The van der Waals surface area contributed by atoms with Crippen LogP contribution >= 0.6 is 22.6 Å². The molecule has 0 saturated carbocycles. The van der Waals surface area contributed by atoms with Gasteiger partial charge < -0.3 is 33.7 Å². The second-order valence-corrected chi connectivity index (χ2v) is 15.1. The van der Waals surface area contributed by atoms with Crippen LogP contribution in [-0.4, -0.2) is 106 Å². The lowest BCUT2D eigenvalue weighted by Crippen LogP contribution is -2.49. The smallest absolute Gasteiger partial charge is 0.288 e. The molecule has 3 aliphatic heterocycles. The summed E-state index contributed by atoms with van der Waals surface area (Å²) in [5.41, 5.74) is 2.15. The van der Waals surface area contributed by atoms with E-state index in [0.29, 0.717) is 38.3 Å². The van der Waals surface area contributed by atoms with Crippen LogP contribution in [0.2, 0.25) is 0 Å². The zero-order valence-electron chi connectivity index (χ0n) is 27.2. The van der Waals surface area contributed by atoms with Crippen molar-refractivity contribution in [1.82, 2.24) is 14.1 Å². The Morgan fingerprint density at radius 1 is 0.980 bits per heavy atom. The molecule has 2 atom stereocenters. The van der Waals surface area contributed by atoms with Crippen LogP contribution in [0.5, 0.6) is 17.2 Å². The highest BCUT2D eigenvalue weighted by Gasteiger charge is 2.33. The molecular weight excluding hydrogens is 765 g/mol. The summed E-state index contributed by atoms with van der Waals surface area (Å²) < 4.78 is 57.4. The molecule has 3 aliphatic rings. The van der Waals surface area contributed by atoms with E-state index >= 15 is 0 Å². The molecule has 1 fully saturated rings. The Bertz CT molecular complexity index is 1730. The standard InChI is InChI=1S/C35H40IN3O9S/c1-44-29-7-9-30(10-8-29)49(42,43)39(16-18-40)17-19-45-34-22-27(26-3-5-28(36)6-4-26)21-33(48-34)35(41)38-14-12-37(13-15-38)23-25-2-11-31-32(20-25)47-24-46-31/h2-11,20-21,27,34,40H,12-19,22-24H2,1H3/t27-,34+/m0/s1. The predicted octanol–water partition coefficient (Wildman–Crippen LogP) is 3.79. The van der Waals surface area contributed by atoms with Crippen molar-refractivity contribution in [3.8, 4) is 17.2 Å². The van der Waals surface area contributed by atoms with Crippen molar-refractivity contribution < 1.29 is 42.0 Å². The summed E-state index contributed by atoms with van der Waals surface area (Å²) in [6.45, 7) is 3.02. The van der Waals surface area contributed by atoms with Crippen molar-refractivity contribution in [2.45, 2.75) is 30.1 Å². The van der Waals surface area contributed by atoms with Crippen molar-refractivity contribution in [2.75, 3.05) is 66.4 Å². The van der Waals surface area contributed by atoms with Gasteiger partial charge in [-0.3, -0.25) is 9.69 Å². The number of hydrogen-bond donors (Lipinski definition) is 1. The van der Waals surface area contributed by atoms with Crippen molar-refractivity contribution >= 4 is 38.5 Å². The number of sulfonamides is 1. The molecule has 262 valence electrons. The number of carbonyl (C=O) groups is 1. The fourth-order valence-electron chi connectivity index (χ4n) is 6.06. The molecule has 0 bridgehead atoms. The third-order valence-corrected chi connectivity index (χ3v) is 11.4. The number of aliphatic hydroxyl groups excluding tert-OH is 1. The van der Waals surface area contributed by atoms with E-state index in [1.165, 1.54) is 23.5 Å². The number of halogens is 1. The number of allylic oxidation sites excluding steroid dienone is 1. The number of nitrogens with zero attached hydrogens (tertiary/aromatic N) is 3. The normalized spacial score (nSPS) is 19.4. The molecule has 14 heteroatoms. The number of carbonyl (C=O) groups excluding carboxylic acids is 1. The highest BCUT2D eigenvalue weighted by atomic mass is 127. The van der Waals surface area contributed by atoms with E-state index < -0.39 is 16.3 Å². The van der Waals surface area contributed by atoms with Gasteiger partial charge in [0, 0.05) is 61.7 Å². The van der Waals surface area contributed by atoms with Crippen LogP contribution in [0.1, 0.15) is 23.5 Å². The van der Waals surface area contributed by atoms with Crippen LogP contribution in [0, 0.1) is 3.57 Å². The summed E-state index contributed by atoms with van der Waals surface area (Å²) in [6.07, 6.45) is 1.54. The van der Waals surface area contributed by atoms with Gasteiger partial charge in [0.15, 0.2) is 17.3 Å². The second kappa shape index (κ2) is 16.1. The number of rotatable bonds is 13. The van der Waals surface area contributed by atoms with E-state index in [9.17, 15) is 18.3 Å². The molecule has 0 aliphatic carbocycles. The second-order valence-electron chi connectivity index (χ2n) is 11.9. The zero-order valence-corrected chi connectivity index (χ0v) is 30.2. The van der Waals surface area contributed by atoms with E-state index in [1.807, 2.05) is 48.5 Å². The molecule has 49 heavy (non-hydrogen) atoms. The number of aliphatic hydroxyl groups is 1. The molecule has 0 spiro atoms. The number of piperazine rings is 1. The Morgan fingerprint density at radius 3 is 2.43 bits per heavy atom. The first-order valence-electron chi connectivity index (χ1n) is 16.1. The fraction of sp³-hybridized carbons (Fsp3) is 0.400. The van der Waals surface area contributed by atoms with Crippen molar-refractivity contribution in [3.63, 3.8) is 0 Å². The molecule has 1 amide bonds. The molecule has 0 radical (unpaired) electrons. The van der Waals surface area contributed by atoms with Gasteiger partial charge in [0.25, 0.3) is 5.91 Å². The Morgan fingerprint density at radius 2 is 1.71 bits per heavy atom. The molecule has 6 rings (SSSR count). The Labute approximate surface area is 300 Å². The third kappa shape index (κ3) is 8.67. The number of benzene rings is 3. The van der Waals surface area contributed by atoms with Crippen LogP contribution in [0.3, 0.4) is 0 Å². The Hall–Kier alpha value is -3.41. The molecule has 3 aromatic carbocycles. The molecule has 3 heterocycles. The van der Waals surface area contributed by atoms with E-state index in [-0.39, 0.29) is 55.6 Å². The maximum Gasteiger partial charge on any atom is 0.288 e. The van der Waals surface area contributed by atoms with Crippen LogP contribution < -0.4 is 14.2 Å². The summed E-state index contributed by atoms with van der Waals surface area (Å²) in [4.78, 5) is 18.0. The molecular formula is C35H40IN3O9S. The molecule has 1 saturated heterocycles. The quantitative estimate of drug-likeness (QED) is 0.255. The van der Waals surface area contributed by atoms with Crippen LogP contribution in [0.4, 0.5) is 0 Å². The molecule has 0 unspecified atom stereocenters. The van der Waals surface area contributed by atoms with Gasteiger partial charge in [-0.25, -0.2) is 8.42 Å². The number of ether oxygens (including phenoxy) is 5. The van der Waals surface area contributed by atoms with E-state index in [1.54, 1.807) is 17.0 Å². The summed E-state index contributed by atoms with van der Waals surface area (Å²) in [5, 5.41) is 9.65. The Balaban J connectivity index is 1.09. The van der Waals surface area contributed by atoms with Gasteiger partial charge >= 0.3 is 0 Å². The highest BCUT2D eigenvalue weighted by Crippen LogP contribution is 2.34. The SMILES string of the molecule is COc1ccc(S(=O)(=O)N(CCO)CCO[C@H]2C[C@@H](c3ccc(I)cc3)C=C(C(=O)N3CCN(Cc4ccc5c(c4)OCO5)CC3)O2)cc1. The molecule has 0 aromatic heterocycles. The first-order chi connectivity index (χ1) is 23.7. The van der Waals surface area contributed by atoms with Gasteiger partial charge in [-0.15, -0.1) is 0 Å². The lowest BCUT2D eigenvalue weighted by molar-refractivity contribution is -0.154. The average molecular weight is 806 g/mol. The maximum absolute atomic E-state index is 13.8. The summed E-state index contributed by atoms with van der Waals surface area (Å²) >= 11 is 2.26. The summed E-state index contributed by atoms with van der Waals surface area (Å²) in [5.74, 6) is 1.94. The van der Waals surface area contributed by atoms with Crippen molar-refractivity contribution in [2.24, 2.45) is 0 Å². The van der Waals surface area contributed by atoms with Gasteiger partial charge in [0.2, 0.25) is 23.1 Å². The van der Waals surface area contributed by atoms with Crippen LogP contribution in [-0.2, 0) is 30.8 Å². The van der Waals surface area contributed by atoms with Gasteiger partial charge in [0.05, 0.1) is 25.2 Å². The molecule has 1 N–H and O–H groups in total. The minimum Gasteiger partial charge on any atom is -0.497 e. The summed E-state index contributed by atoms with van der Waals surface area (Å²) in [6, 6.07) is 20.2. The van der Waals surface area contributed by atoms with Gasteiger partial charge in [-0.1, -0.05) is 18.2 Å². The average Bonchev–Trinajstić information content (AvgIpc) is 3.59. The maximum atomic E-state index is 13.8. The molecule has 12 nitrogen and oxygen atoms in total. The van der Waals surface area contributed by atoms with Gasteiger partial charge in [-0.05, 0) is 88.3 Å². The number of hydrogen-bond acceptors (Lipinski definition) is 10. The monoisotopic (exact) mass is 805 g/mol. The number of amides is 1.